The van der Waals surface area contributed by atoms with Gasteiger partial charge < -0.3 is 0 Å². The summed E-state index contributed by atoms with van der Waals surface area (Å²) < 4.78 is 0. The van der Waals surface area contributed by atoms with Crippen LogP contribution in [-0.2, 0) is 10.8 Å². The SMILES string of the molecule is CC(C)(C)c1ccc2c(c1)C(N(c1cccc(-c3ccccc3)n1)c1cccc(-c3ccccc3)n1)c1cc(C(C)(C)C)ccc1-2. The third-order valence-corrected chi connectivity index (χ3v) is 9.07. The molecule has 2 heterocycles. The second-order valence-corrected chi connectivity index (χ2v) is 14.4. The first-order valence-corrected chi connectivity index (χ1v) is 16.2. The molecular weight excluding hydrogens is 558 g/mol. The fourth-order valence-corrected chi connectivity index (χ4v) is 6.48. The summed E-state index contributed by atoms with van der Waals surface area (Å²) in [6, 6.07) is 47.5. The largest absolute Gasteiger partial charge is 0.299 e. The average molecular weight is 600 g/mol. The lowest BCUT2D eigenvalue weighted by Crippen LogP contribution is -2.26. The Morgan fingerprint density at radius 1 is 0.457 bits per heavy atom. The summed E-state index contributed by atoms with van der Waals surface area (Å²) in [5.74, 6) is 1.73. The van der Waals surface area contributed by atoms with Crippen molar-refractivity contribution in [2.24, 2.45) is 0 Å². The molecule has 3 nitrogen and oxygen atoms in total. The number of anilines is 2. The molecule has 0 unspecified atom stereocenters. The summed E-state index contributed by atoms with van der Waals surface area (Å²) >= 11 is 0. The summed E-state index contributed by atoms with van der Waals surface area (Å²) in [6.45, 7) is 13.7. The van der Waals surface area contributed by atoms with Crippen molar-refractivity contribution in [3.8, 4) is 33.6 Å². The van der Waals surface area contributed by atoms with Crippen molar-refractivity contribution in [2.75, 3.05) is 4.90 Å². The van der Waals surface area contributed by atoms with Gasteiger partial charge in [-0.15, -0.1) is 0 Å². The number of hydrogen-bond acceptors (Lipinski definition) is 3. The van der Waals surface area contributed by atoms with Crippen LogP contribution in [0.15, 0.2) is 133 Å². The Bertz CT molecular complexity index is 1870. The van der Waals surface area contributed by atoms with Gasteiger partial charge in [0.25, 0.3) is 0 Å². The summed E-state index contributed by atoms with van der Waals surface area (Å²) in [7, 11) is 0. The molecule has 0 radical (unpaired) electrons. The van der Waals surface area contributed by atoms with Gasteiger partial charge in [0, 0.05) is 11.1 Å². The maximum Gasteiger partial charge on any atom is 0.135 e. The van der Waals surface area contributed by atoms with Gasteiger partial charge in [-0.3, -0.25) is 4.90 Å². The molecule has 0 fully saturated rings. The maximum absolute atomic E-state index is 5.34. The highest BCUT2D eigenvalue weighted by Crippen LogP contribution is 2.51. The van der Waals surface area contributed by atoms with Crippen molar-refractivity contribution < 1.29 is 0 Å². The number of pyridine rings is 2. The number of aromatic nitrogens is 2. The summed E-state index contributed by atoms with van der Waals surface area (Å²) in [5, 5.41) is 0. The van der Waals surface area contributed by atoms with Crippen LogP contribution in [0.25, 0.3) is 33.6 Å². The number of fused-ring (bicyclic) bond motifs is 3. The molecular formula is C43H41N3. The first kappa shape index (κ1) is 29.7. The molecule has 4 aromatic carbocycles. The van der Waals surface area contributed by atoms with Crippen LogP contribution in [0, 0.1) is 0 Å². The molecule has 0 N–H and O–H groups in total. The zero-order valence-corrected chi connectivity index (χ0v) is 27.6. The normalized spacial score (nSPS) is 12.9. The molecule has 0 aliphatic heterocycles. The van der Waals surface area contributed by atoms with Crippen LogP contribution in [0.1, 0.15) is 69.8 Å². The van der Waals surface area contributed by atoms with Gasteiger partial charge in [0.05, 0.1) is 17.4 Å². The minimum atomic E-state index is -0.119. The van der Waals surface area contributed by atoms with E-state index in [9.17, 15) is 0 Å². The monoisotopic (exact) mass is 599 g/mol. The van der Waals surface area contributed by atoms with Crippen LogP contribution in [0.4, 0.5) is 11.6 Å². The molecule has 228 valence electrons. The molecule has 2 aromatic heterocycles. The Morgan fingerprint density at radius 2 is 0.870 bits per heavy atom. The smallest absolute Gasteiger partial charge is 0.135 e. The number of rotatable bonds is 5. The fourth-order valence-electron chi connectivity index (χ4n) is 6.48. The van der Waals surface area contributed by atoms with Crippen molar-refractivity contribution in [3.05, 3.63) is 156 Å². The van der Waals surface area contributed by atoms with Crippen molar-refractivity contribution in [1.29, 1.82) is 0 Å². The Labute approximate surface area is 273 Å². The molecule has 0 atom stereocenters. The first-order chi connectivity index (χ1) is 22.1. The van der Waals surface area contributed by atoms with E-state index in [1.807, 2.05) is 12.1 Å². The van der Waals surface area contributed by atoms with E-state index in [1.54, 1.807) is 0 Å². The zero-order valence-electron chi connectivity index (χ0n) is 27.6. The van der Waals surface area contributed by atoms with Gasteiger partial charge in [-0.25, -0.2) is 9.97 Å². The molecule has 1 aliphatic carbocycles. The van der Waals surface area contributed by atoms with Crippen LogP contribution in [0.5, 0.6) is 0 Å². The molecule has 0 saturated carbocycles. The minimum absolute atomic E-state index is 0.00665. The molecule has 1 aliphatic rings. The molecule has 3 heteroatoms. The predicted octanol–water partition coefficient (Wildman–Crippen LogP) is 11.3. The van der Waals surface area contributed by atoms with Gasteiger partial charge >= 0.3 is 0 Å². The van der Waals surface area contributed by atoms with Crippen molar-refractivity contribution >= 4 is 11.6 Å². The Hall–Kier alpha value is -5.02. The quantitative estimate of drug-likeness (QED) is 0.197. The van der Waals surface area contributed by atoms with Gasteiger partial charge in [0.15, 0.2) is 0 Å². The molecule has 0 spiro atoms. The van der Waals surface area contributed by atoms with Gasteiger partial charge in [-0.1, -0.05) is 151 Å². The van der Waals surface area contributed by atoms with Crippen LogP contribution in [0.3, 0.4) is 0 Å². The highest BCUT2D eigenvalue weighted by atomic mass is 15.3. The standard InChI is InChI=1S/C43H41N3/c1-42(2,3)31-23-25-33-34-26-24-32(43(4,5)6)28-36(34)41(35(33)27-31)46(39-21-13-19-37(44-39)29-15-9-7-10-16-29)40-22-14-20-38(45-40)30-17-11-8-12-18-30/h7-28,41H,1-6H3. The highest BCUT2D eigenvalue weighted by Gasteiger charge is 2.37. The van der Waals surface area contributed by atoms with Crippen LogP contribution in [-0.4, -0.2) is 9.97 Å². The highest BCUT2D eigenvalue weighted by molar-refractivity contribution is 5.83. The Balaban J connectivity index is 1.51. The predicted molar refractivity (Wildman–Crippen MR) is 193 cm³/mol. The molecule has 6 aromatic rings. The van der Waals surface area contributed by atoms with Gasteiger partial charge in [-0.2, -0.15) is 0 Å². The van der Waals surface area contributed by atoms with Gasteiger partial charge in [-0.05, 0) is 68.5 Å². The van der Waals surface area contributed by atoms with E-state index in [-0.39, 0.29) is 16.9 Å². The maximum atomic E-state index is 5.34. The molecule has 0 saturated heterocycles. The van der Waals surface area contributed by atoms with Crippen LogP contribution < -0.4 is 4.90 Å². The molecule has 7 rings (SSSR count). The van der Waals surface area contributed by atoms with Crippen molar-refractivity contribution in [3.63, 3.8) is 0 Å². The third-order valence-electron chi connectivity index (χ3n) is 9.07. The zero-order chi connectivity index (χ0) is 32.1. The van der Waals surface area contributed by atoms with E-state index in [0.29, 0.717) is 0 Å². The Kier molecular flexibility index (Phi) is 7.36. The van der Waals surface area contributed by atoms with Crippen molar-refractivity contribution in [2.45, 2.75) is 58.4 Å². The molecule has 46 heavy (non-hydrogen) atoms. The molecule has 0 amide bonds. The number of benzene rings is 4. The van der Waals surface area contributed by atoms with Crippen LogP contribution in [0.2, 0.25) is 0 Å². The third kappa shape index (κ3) is 5.51. The average Bonchev–Trinajstić information content (AvgIpc) is 3.38. The number of nitrogens with zero attached hydrogens (tertiary/aromatic N) is 3. The minimum Gasteiger partial charge on any atom is -0.299 e. The van der Waals surface area contributed by atoms with Gasteiger partial charge in [0.2, 0.25) is 0 Å². The van der Waals surface area contributed by atoms with E-state index in [1.165, 1.54) is 33.4 Å². The van der Waals surface area contributed by atoms with E-state index >= 15 is 0 Å². The Morgan fingerprint density at radius 3 is 1.26 bits per heavy atom. The lowest BCUT2D eigenvalue weighted by molar-refractivity contribution is 0.588. The van der Waals surface area contributed by atoms with E-state index in [4.69, 9.17) is 9.97 Å². The second kappa shape index (κ2) is 11.4. The van der Waals surface area contributed by atoms with Crippen molar-refractivity contribution in [1.82, 2.24) is 9.97 Å². The number of hydrogen-bond donors (Lipinski definition) is 0. The summed E-state index contributed by atoms with van der Waals surface area (Å²) in [6.07, 6.45) is 0. The van der Waals surface area contributed by atoms with Crippen LogP contribution >= 0.6 is 0 Å². The second-order valence-electron chi connectivity index (χ2n) is 14.4. The van der Waals surface area contributed by atoms with E-state index < -0.39 is 0 Å². The molecule has 0 bridgehead atoms. The topological polar surface area (TPSA) is 29.0 Å². The first-order valence-electron chi connectivity index (χ1n) is 16.2. The lowest BCUT2D eigenvalue weighted by atomic mass is 9.84. The van der Waals surface area contributed by atoms with Gasteiger partial charge in [0.1, 0.15) is 11.6 Å². The fraction of sp³-hybridized carbons (Fsp3) is 0.209. The summed E-state index contributed by atoms with van der Waals surface area (Å²) in [5.41, 5.74) is 11.8. The van der Waals surface area contributed by atoms with E-state index in [0.717, 1.165) is 34.2 Å². The lowest BCUT2D eigenvalue weighted by Gasteiger charge is -2.33. The summed E-state index contributed by atoms with van der Waals surface area (Å²) in [4.78, 5) is 13.0. The van der Waals surface area contributed by atoms with E-state index in [2.05, 4.69) is 168 Å².